The van der Waals surface area contributed by atoms with Crippen molar-refractivity contribution in [3.8, 4) is 11.5 Å². The summed E-state index contributed by atoms with van der Waals surface area (Å²) >= 11 is 8.79. The molecule has 4 nitrogen and oxygen atoms in total. The van der Waals surface area contributed by atoms with Crippen molar-refractivity contribution >= 4 is 38.9 Å². The fourth-order valence-corrected chi connectivity index (χ4v) is 3.68. The highest BCUT2D eigenvalue weighted by Crippen LogP contribution is 2.44. The summed E-state index contributed by atoms with van der Waals surface area (Å²) in [4.78, 5) is 0. The summed E-state index contributed by atoms with van der Waals surface area (Å²) in [6.07, 6.45) is 0. The maximum absolute atomic E-state index is 12.3. The van der Waals surface area contributed by atoms with Gasteiger partial charge in [0, 0.05) is 11.4 Å². The van der Waals surface area contributed by atoms with Crippen molar-refractivity contribution < 1.29 is 14.0 Å². The Bertz CT molecular complexity index is 537. The molecule has 0 radical (unpaired) electrons. The number of hydrogen-bond acceptors (Lipinski definition) is 4. The summed E-state index contributed by atoms with van der Waals surface area (Å²) in [6, 6.07) is 1.64. The summed E-state index contributed by atoms with van der Waals surface area (Å²) in [5.41, 5.74) is 0.791. The monoisotopic (exact) mass is 425 g/mol. The highest BCUT2D eigenvalue weighted by Gasteiger charge is 2.30. The van der Waals surface area contributed by atoms with E-state index in [9.17, 15) is 4.55 Å². The molecule has 0 saturated heterocycles. The number of halogens is 2. The van der Waals surface area contributed by atoms with E-state index in [0.29, 0.717) is 34.2 Å². The highest BCUT2D eigenvalue weighted by molar-refractivity contribution is 9.10. The first-order valence-corrected chi connectivity index (χ1v) is 9.91. The Kier molecular flexibility index (Phi) is 8.01. The predicted octanol–water partition coefficient (Wildman–Crippen LogP) is 5.01. The molecule has 23 heavy (non-hydrogen) atoms. The van der Waals surface area contributed by atoms with E-state index in [1.807, 2.05) is 47.6 Å². The second-order valence-corrected chi connectivity index (χ2v) is 9.18. The van der Waals surface area contributed by atoms with Crippen molar-refractivity contribution in [3.63, 3.8) is 0 Å². The van der Waals surface area contributed by atoms with Crippen LogP contribution in [0.3, 0.4) is 0 Å². The summed E-state index contributed by atoms with van der Waals surface area (Å²) in [6.45, 7) is 12.5. The van der Waals surface area contributed by atoms with Gasteiger partial charge in [-0.1, -0.05) is 11.6 Å². The van der Waals surface area contributed by atoms with Gasteiger partial charge in [-0.25, -0.2) is 0 Å². The zero-order chi connectivity index (χ0) is 17.8. The summed E-state index contributed by atoms with van der Waals surface area (Å²) in [7, 11) is 0. The lowest BCUT2D eigenvalue weighted by atomic mass is 10.1. The van der Waals surface area contributed by atoms with Gasteiger partial charge in [-0.05, 0) is 69.1 Å². The zero-order valence-electron chi connectivity index (χ0n) is 14.5. The van der Waals surface area contributed by atoms with Gasteiger partial charge in [0.15, 0.2) is 5.75 Å². The van der Waals surface area contributed by atoms with Gasteiger partial charge < -0.3 is 14.0 Å². The standard InChI is InChI=1S/C16H25BrClNO3S/c1-7-21-12-9-11(10(3)19-23(20)16(4,5)6)14(18)15(13(12)17)22-8-2/h9-10,19H,7-8H2,1-6H3/t10-,23?/m1/s1. The zero-order valence-corrected chi connectivity index (χ0v) is 17.6. The fraction of sp³-hybridized carbons (Fsp3) is 0.625. The Morgan fingerprint density at radius 3 is 2.35 bits per heavy atom. The molecule has 0 amide bonds. The molecule has 0 aliphatic carbocycles. The Labute approximate surface area is 155 Å². The second-order valence-electron chi connectivity index (χ2n) is 6.01. The van der Waals surface area contributed by atoms with Gasteiger partial charge in [0.1, 0.15) is 15.0 Å². The molecular weight excluding hydrogens is 402 g/mol. The van der Waals surface area contributed by atoms with E-state index in [4.69, 9.17) is 21.1 Å². The third kappa shape index (κ3) is 5.43. The van der Waals surface area contributed by atoms with Crippen LogP contribution in [0.1, 0.15) is 53.1 Å². The van der Waals surface area contributed by atoms with E-state index in [2.05, 4.69) is 20.7 Å². The van der Waals surface area contributed by atoms with Crippen molar-refractivity contribution in [2.45, 2.75) is 52.3 Å². The van der Waals surface area contributed by atoms with Gasteiger partial charge in [-0.2, -0.15) is 0 Å². The largest absolute Gasteiger partial charge is 0.598 e. The van der Waals surface area contributed by atoms with E-state index in [1.54, 1.807) is 0 Å². The number of benzene rings is 1. The normalized spacial score (nSPS) is 14.5. The first-order valence-electron chi connectivity index (χ1n) is 7.58. The van der Waals surface area contributed by atoms with Crippen molar-refractivity contribution in [1.29, 1.82) is 0 Å². The molecule has 0 bridgehead atoms. The molecule has 1 aromatic carbocycles. The number of nitrogens with one attached hydrogen (secondary N) is 1. The van der Waals surface area contributed by atoms with Crippen LogP contribution in [-0.4, -0.2) is 22.5 Å². The lowest BCUT2D eigenvalue weighted by Gasteiger charge is -2.27. The van der Waals surface area contributed by atoms with Crippen LogP contribution in [0.2, 0.25) is 5.02 Å². The van der Waals surface area contributed by atoms with Crippen LogP contribution in [-0.2, 0) is 11.4 Å². The lowest BCUT2D eigenvalue weighted by molar-refractivity contribution is 0.318. The number of hydrogen-bond donors (Lipinski definition) is 1. The summed E-state index contributed by atoms with van der Waals surface area (Å²) < 4.78 is 27.1. The molecule has 1 N–H and O–H groups in total. The topological polar surface area (TPSA) is 53.5 Å². The van der Waals surface area contributed by atoms with Crippen LogP contribution in [0.5, 0.6) is 11.5 Å². The van der Waals surface area contributed by atoms with E-state index in [-0.39, 0.29) is 10.8 Å². The molecule has 0 saturated carbocycles. The van der Waals surface area contributed by atoms with Gasteiger partial charge in [0.2, 0.25) is 0 Å². The lowest BCUT2D eigenvalue weighted by Crippen LogP contribution is -2.40. The molecule has 2 atom stereocenters. The van der Waals surface area contributed by atoms with Crippen LogP contribution in [0.25, 0.3) is 0 Å². The third-order valence-corrected chi connectivity index (χ3v) is 5.87. The van der Waals surface area contributed by atoms with E-state index in [1.165, 1.54) is 0 Å². The minimum atomic E-state index is -1.20. The maximum atomic E-state index is 12.3. The Morgan fingerprint density at radius 1 is 1.30 bits per heavy atom. The van der Waals surface area contributed by atoms with Crippen molar-refractivity contribution in [2.75, 3.05) is 13.2 Å². The van der Waals surface area contributed by atoms with Crippen LogP contribution >= 0.6 is 27.5 Å². The molecule has 7 heteroatoms. The van der Waals surface area contributed by atoms with Gasteiger partial charge in [-0.15, -0.1) is 4.72 Å². The Morgan fingerprint density at radius 2 is 1.87 bits per heavy atom. The average Bonchev–Trinajstić information content (AvgIpc) is 2.45. The van der Waals surface area contributed by atoms with Crippen LogP contribution in [0.15, 0.2) is 10.5 Å². The minimum Gasteiger partial charge on any atom is -0.598 e. The first kappa shape index (κ1) is 20.9. The molecule has 0 spiro atoms. The van der Waals surface area contributed by atoms with Gasteiger partial charge in [0.25, 0.3) is 0 Å². The van der Waals surface area contributed by atoms with Gasteiger partial charge in [0.05, 0.1) is 24.3 Å². The average molecular weight is 427 g/mol. The number of ether oxygens (including phenoxy) is 2. The molecule has 0 heterocycles. The number of rotatable bonds is 7. The third-order valence-electron chi connectivity index (χ3n) is 3.05. The van der Waals surface area contributed by atoms with Crippen LogP contribution < -0.4 is 14.2 Å². The predicted molar refractivity (Wildman–Crippen MR) is 101 cm³/mol. The molecule has 1 unspecified atom stereocenters. The second kappa shape index (κ2) is 8.81. The van der Waals surface area contributed by atoms with E-state index in [0.717, 1.165) is 5.56 Å². The molecule has 0 fully saturated rings. The molecule has 0 aromatic heterocycles. The van der Waals surface area contributed by atoms with Crippen molar-refractivity contribution in [2.24, 2.45) is 0 Å². The minimum absolute atomic E-state index is 0.214. The fourth-order valence-electron chi connectivity index (χ4n) is 1.85. The molecule has 0 aliphatic heterocycles. The Balaban J connectivity index is 3.23. The smallest absolute Gasteiger partial charge is 0.156 e. The van der Waals surface area contributed by atoms with E-state index >= 15 is 0 Å². The summed E-state index contributed by atoms with van der Waals surface area (Å²) in [5, 5.41) is 0.494. The first-order chi connectivity index (χ1) is 10.6. The van der Waals surface area contributed by atoms with Crippen molar-refractivity contribution in [1.82, 2.24) is 4.72 Å². The molecule has 1 aromatic rings. The quantitative estimate of drug-likeness (QED) is 0.622. The SMILES string of the molecule is CCOc1cc([C@@H](C)N[S+]([O-])C(C)(C)C)c(Cl)c(OCC)c1Br. The Hall–Kier alpha value is -0.140. The summed E-state index contributed by atoms with van der Waals surface area (Å²) in [5.74, 6) is 1.20. The maximum Gasteiger partial charge on any atom is 0.156 e. The molecule has 132 valence electrons. The van der Waals surface area contributed by atoms with Crippen LogP contribution in [0, 0.1) is 0 Å². The molecule has 1 rings (SSSR count). The van der Waals surface area contributed by atoms with Gasteiger partial charge >= 0.3 is 0 Å². The van der Waals surface area contributed by atoms with Gasteiger partial charge in [-0.3, -0.25) is 0 Å². The van der Waals surface area contributed by atoms with Crippen LogP contribution in [0.4, 0.5) is 0 Å². The highest BCUT2D eigenvalue weighted by atomic mass is 79.9. The van der Waals surface area contributed by atoms with Crippen molar-refractivity contribution in [3.05, 3.63) is 21.1 Å². The van der Waals surface area contributed by atoms with E-state index < -0.39 is 11.4 Å². The molecular formula is C16H25BrClNO3S. The molecule has 0 aliphatic rings.